The number of carbonyl (C=O) groups is 1. The Morgan fingerprint density at radius 1 is 1.18 bits per heavy atom. The van der Waals surface area contributed by atoms with Crippen LogP contribution in [0.2, 0.25) is 0 Å². The zero-order valence-corrected chi connectivity index (χ0v) is 16.4. The van der Waals surface area contributed by atoms with E-state index in [1.807, 2.05) is 62.4 Å². The van der Waals surface area contributed by atoms with Crippen LogP contribution in [0.3, 0.4) is 0 Å². The first-order valence-corrected chi connectivity index (χ1v) is 9.22. The van der Waals surface area contributed by atoms with E-state index >= 15 is 0 Å². The second-order valence-electron chi connectivity index (χ2n) is 6.35. The smallest absolute Gasteiger partial charge is 0.189 e. The number of methoxy groups -OCH3 is 1. The summed E-state index contributed by atoms with van der Waals surface area (Å²) in [6.45, 7) is 4.96. The Morgan fingerprint density at radius 2 is 1.96 bits per heavy atom. The average molecular weight is 376 g/mol. The molecule has 0 saturated heterocycles. The topological polar surface area (TPSA) is 53.4 Å². The van der Waals surface area contributed by atoms with Gasteiger partial charge in [-0.2, -0.15) is 5.10 Å². The van der Waals surface area contributed by atoms with Crippen LogP contribution in [-0.2, 0) is 13.2 Å². The maximum absolute atomic E-state index is 12.5. The number of aryl methyl sites for hydroxylation is 2. The van der Waals surface area contributed by atoms with Gasteiger partial charge in [0, 0.05) is 18.3 Å². The summed E-state index contributed by atoms with van der Waals surface area (Å²) < 4.78 is 13.0. The van der Waals surface area contributed by atoms with E-state index in [9.17, 15) is 4.79 Å². The highest BCUT2D eigenvalue weighted by atomic mass is 16.5. The highest BCUT2D eigenvalue weighted by Gasteiger charge is 2.10. The molecule has 28 heavy (non-hydrogen) atoms. The maximum atomic E-state index is 12.5. The van der Waals surface area contributed by atoms with E-state index in [0.29, 0.717) is 12.2 Å². The van der Waals surface area contributed by atoms with Gasteiger partial charge >= 0.3 is 0 Å². The van der Waals surface area contributed by atoms with Gasteiger partial charge < -0.3 is 9.47 Å². The molecule has 0 unspecified atom stereocenters. The van der Waals surface area contributed by atoms with Crippen molar-refractivity contribution in [2.75, 3.05) is 7.11 Å². The quantitative estimate of drug-likeness (QED) is 0.423. The van der Waals surface area contributed by atoms with Crippen LogP contribution in [0, 0.1) is 6.92 Å². The molecule has 0 radical (unpaired) electrons. The van der Waals surface area contributed by atoms with Crippen molar-refractivity contribution < 1.29 is 14.3 Å². The van der Waals surface area contributed by atoms with Crippen LogP contribution in [0.25, 0.3) is 6.08 Å². The van der Waals surface area contributed by atoms with Gasteiger partial charge in [0.15, 0.2) is 5.78 Å². The predicted molar refractivity (Wildman–Crippen MR) is 110 cm³/mol. The lowest BCUT2D eigenvalue weighted by Crippen LogP contribution is -1.99. The SMILES string of the molecule is CCn1cc(C(=O)/C=C/c2ccc(OC)c(COc3ccccc3)c2)c(C)n1. The molecular weight excluding hydrogens is 352 g/mol. The molecule has 144 valence electrons. The first-order valence-electron chi connectivity index (χ1n) is 9.22. The fourth-order valence-electron chi connectivity index (χ4n) is 2.88. The highest BCUT2D eigenvalue weighted by Crippen LogP contribution is 2.23. The molecule has 2 aromatic carbocycles. The van der Waals surface area contributed by atoms with Crippen LogP contribution in [0.4, 0.5) is 0 Å². The molecule has 0 aliphatic heterocycles. The first-order chi connectivity index (χ1) is 13.6. The molecule has 0 saturated carbocycles. The monoisotopic (exact) mass is 376 g/mol. The van der Waals surface area contributed by atoms with Crippen LogP contribution in [0.5, 0.6) is 11.5 Å². The van der Waals surface area contributed by atoms with Crippen molar-refractivity contribution in [3.63, 3.8) is 0 Å². The summed E-state index contributed by atoms with van der Waals surface area (Å²) in [4.78, 5) is 12.5. The molecule has 0 aliphatic carbocycles. The van der Waals surface area contributed by atoms with Crippen molar-refractivity contribution in [1.82, 2.24) is 9.78 Å². The fraction of sp³-hybridized carbons (Fsp3) is 0.217. The lowest BCUT2D eigenvalue weighted by atomic mass is 10.1. The number of carbonyl (C=O) groups excluding carboxylic acids is 1. The molecule has 0 spiro atoms. The van der Waals surface area contributed by atoms with Gasteiger partial charge in [-0.1, -0.05) is 30.3 Å². The minimum absolute atomic E-state index is 0.0601. The molecule has 0 aliphatic rings. The summed E-state index contributed by atoms with van der Waals surface area (Å²) in [5.74, 6) is 1.48. The molecular formula is C23H24N2O3. The molecule has 3 rings (SSSR count). The lowest BCUT2D eigenvalue weighted by Gasteiger charge is -2.11. The van der Waals surface area contributed by atoms with Gasteiger partial charge in [-0.15, -0.1) is 0 Å². The Morgan fingerprint density at radius 3 is 2.64 bits per heavy atom. The molecule has 1 aromatic heterocycles. The van der Waals surface area contributed by atoms with E-state index in [4.69, 9.17) is 9.47 Å². The number of para-hydroxylation sites is 1. The Hall–Kier alpha value is -3.34. The van der Waals surface area contributed by atoms with Gasteiger partial charge in [-0.05, 0) is 49.8 Å². The van der Waals surface area contributed by atoms with Crippen LogP contribution in [-0.4, -0.2) is 22.7 Å². The van der Waals surface area contributed by atoms with Crippen LogP contribution in [0.1, 0.15) is 34.1 Å². The molecule has 3 aromatic rings. The van der Waals surface area contributed by atoms with E-state index < -0.39 is 0 Å². The number of hydrogen-bond donors (Lipinski definition) is 0. The second-order valence-corrected chi connectivity index (χ2v) is 6.35. The standard InChI is InChI=1S/C23H24N2O3/c1-4-25-15-21(17(2)24-25)22(26)12-10-18-11-13-23(27-3)19(14-18)16-28-20-8-6-5-7-9-20/h5-15H,4,16H2,1-3H3/b12-10+. The normalized spacial score (nSPS) is 11.0. The second kappa shape index (κ2) is 9.04. The predicted octanol–water partition coefficient (Wildman–Crippen LogP) is 4.70. The molecule has 0 amide bonds. The van der Waals surface area contributed by atoms with Gasteiger partial charge in [-0.25, -0.2) is 0 Å². The van der Waals surface area contributed by atoms with E-state index in [0.717, 1.165) is 34.9 Å². The molecule has 5 heteroatoms. The number of rotatable bonds is 8. The van der Waals surface area contributed by atoms with Gasteiger partial charge in [0.25, 0.3) is 0 Å². The van der Waals surface area contributed by atoms with Crippen LogP contribution >= 0.6 is 0 Å². The molecule has 0 bridgehead atoms. The number of benzene rings is 2. The number of ketones is 1. The maximum Gasteiger partial charge on any atom is 0.189 e. The lowest BCUT2D eigenvalue weighted by molar-refractivity contribution is 0.104. The molecule has 1 heterocycles. The Balaban J connectivity index is 1.75. The van der Waals surface area contributed by atoms with Gasteiger partial charge in [0.1, 0.15) is 18.1 Å². The van der Waals surface area contributed by atoms with Crippen molar-refractivity contribution >= 4 is 11.9 Å². The molecule has 0 atom stereocenters. The van der Waals surface area contributed by atoms with Crippen molar-refractivity contribution in [1.29, 1.82) is 0 Å². The van der Waals surface area contributed by atoms with Crippen molar-refractivity contribution in [2.24, 2.45) is 0 Å². The van der Waals surface area contributed by atoms with E-state index in [2.05, 4.69) is 5.10 Å². The third-order valence-electron chi connectivity index (χ3n) is 4.40. The number of allylic oxidation sites excluding steroid dienone is 1. The van der Waals surface area contributed by atoms with E-state index in [1.165, 1.54) is 0 Å². The van der Waals surface area contributed by atoms with Crippen molar-refractivity contribution in [3.05, 3.63) is 83.2 Å². The summed E-state index contributed by atoms with van der Waals surface area (Å²) in [6.07, 6.45) is 5.17. The summed E-state index contributed by atoms with van der Waals surface area (Å²) in [5, 5.41) is 4.32. The summed E-state index contributed by atoms with van der Waals surface area (Å²) in [7, 11) is 1.63. The summed E-state index contributed by atoms with van der Waals surface area (Å²) in [6, 6.07) is 15.4. The van der Waals surface area contributed by atoms with Crippen LogP contribution < -0.4 is 9.47 Å². The third kappa shape index (κ3) is 4.68. The molecule has 0 N–H and O–H groups in total. The summed E-state index contributed by atoms with van der Waals surface area (Å²) in [5.41, 5.74) is 3.18. The highest BCUT2D eigenvalue weighted by molar-refractivity contribution is 6.07. The Labute approximate surface area is 165 Å². The van der Waals surface area contributed by atoms with Gasteiger partial charge in [0.2, 0.25) is 0 Å². The number of nitrogens with zero attached hydrogens (tertiary/aromatic N) is 2. The van der Waals surface area contributed by atoms with Gasteiger partial charge in [0.05, 0.1) is 18.4 Å². The number of ether oxygens (including phenoxy) is 2. The average Bonchev–Trinajstić information content (AvgIpc) is 3.12. The Bertz CT molecular complexity index is 975. The zero-order valence-electron chi connectivity index (χ0n) is 16.4. The first kappa shape index (κ1) is 19.4. The zero-order chi connectivity index (χ0) is 19.9. The summed E-state index contributed by atoms with van der Waals surface area (Å²) >= 11 is 0. The number of hydrogen-bond acceptors (Lipinski definition) is 4. The van der Waals surface area contributed by atoms with E-state index in [-0.39, 0.29) is 5.78 Å². The number of aromatic nitrogens is 2. The minimum Gasteiger partial charge on any atom is -0.496 e. The van der Waals surface area contributed by atoms with E-state index in [1.54, 1.807) is 30.1 Å². The molecule has 0 fully saturated rings. The molecule has 5 nitrogen and oxygen atoms in total. The minimum atomic E-state index is -0.0601. The van der Waals surface area contributed by atoms with Crippen molar-refractivity contribution in [3.8, 4) is 11.5 Å². The van der Waals surface area contributed by atoms with Crippen LogP contribution in [0.15, 0.2) is 60.8 Å². The van der Waals surface area contributed by atoms with Gasteiger partial charge in [-0.3, -0.25) is 9.48 Å². The fourth-order valence-corrected chi connectivity index (χ4v) is 2.88. The van der Waals surface area contributed by atoms with Crippen molar-refractivity contribution in [2.45, 2.75) is 27.0 Å². The third-order valence-corrected chi connectivity index (χ3v) is 4.40. The Kier molecular flexibility index (Phi) is 6.27. The largest absolute Gasteiger partial charge is 0.496 e.